The molecule has 0 N–H and O–H groups in total. The third-order valence-electron chi connectivity index (χ3n) is 0. The third kappa shape index (κ3) is 314. The Morgan fingerprint density at radius 1 is 0.667 bits per heavy atom. The van der Waals surface area contributed by atoms with Crippen LogP contribution < -0.4 is 16.6 Å². The number of hydrogen-bond donors (Lipinski definition) is 0. The fourth-order valence-corrected chi connectivity index (χ4v) is 0. The molecule has 0 aromatic rings. The van der Waals surface area contributed by atoms with Gasteiger partial charge in [-0.3, -0.25) is 0 Å². The molecule has 12 heteroatoms. The molecular weight excluding hydrogens is 385 g/mol. The molecule has 8 nitrogen and oxygen atoms in total. The van der Waals surface area contributed by atoms with Crippen LogP contribution in [0.5, 0.6) is 0 Å². The SMILES string of the molecule is [O]=[Cr](=[O])([O-])[O-].[O]=[Cr](=[O])([O-])[O-].[Sr+2].[Zn+2]. The summed E-state index contributed by atoms with van der Waals surface area (Å²) >= 11 is -11.5. The van der Waals surface area contributed by atoms with Crippen molar-refractivity contribution >= 4 is 45.5 Å². The van der Waals surface area contributed by atoms with E-state index >= 15 is 0 Å². The largest absolute Gasteiger partial charge is 2.00 e. The van der Waals surface area contributed by atoms with Crippen molar-refractivity contribution in [3.8, 4) is 0 Å². The normalized spacial score (nSPS) is 9.67. The predicted molar refractivity (Wildman–Crippen MR) is 8.50 cm³/mol. The predicted octanol–water partition coefficient (Wildman–Crippen LogP) is -5.62. The summed E-state index contributed by atoms with van der Waals surface area (Å²) in [5, 5.41) is 0. The van der Waals surface area contributed by atoms with E-state index in [2.05, 4.69) is 0 Å². The van der Waals surface area contributed by atoms with E-state index in [1.165, 1.54) is 0 Å². The van der Waals surface area contributed by atoms with Crippen LogP contribution in [0.1, 0.15) is 0 Å². The molecule has 0 amide bonds. The topological polar surface area (TPSA) is 161 Å². The van der Waals surface area contributed by atoms with Crippen LogP contribution in [0, 0.1) is 0 Å². The average Bonchev–Trinajstić information content (AvgIpc) is 1.12. The van der Waals surface area contributed by atoms with Gasteiger partial charge in [-0.15, -0.1) is 0 Å². The van der Waals surface area contributed by atoms with Crippen LogP contribution in [0.3, 0.4) is 0 Å². The molecule has 0 atom stereocenters. The Balaban J connectivity index is -0.0000000457. The summed E-state index contributed by atoms with van der Waals surface area (Å²) in [5.74, 6) is 0. The summed E-state index contributed by atoms with van der Waals surface area (Å²) in [4.78, 5) is 0. The second kappa shape index (κ2) is 9.75. The van der Waals surface area contributed by atoms with E-state index < -0.39 is 27.2 Å². The van der Waals surface area contributed by atoms with Gasteiger partial charge < -0.3 is 0 Å². The zero-order valence-corrected chi connectivity index (χ0v) is 14.5. The van der Waals surface area contributed by atoms with Crippen LogP contribution in [0.4, 0.5) is 0 Å². The quantitative estimate of drug-likeness (QED) is 0.373. The smallest absolute Gasteiger partial charge is 2.00 e. The van der Waals surface area contributed by atoms with Crippen molar-refractivity contribution in [1.29, 1.82) is 0 Å². The minimum atomic E-state index is -5.75. The van der Waals surface area contributed by atoms with Gasteiger partial charge in [-0.1, -0.05) is 0 Å². The number of rotatable bonds is 0. The van der Waals surface area contributed by atoms with E-state index in [0.29, 0.717) is 0 Å². The summed E-state index contributed by atoms with van der Waals surface area (Å²) in [6.45, 7) is 0. The molecular formula is Cr2O8SrZn. The van der Waals surface area contributed by atoms with Crippen molar-refractivity contribution in [2.45, 2.75) is 0 Å². The molecule has 0 spiro atoms. The first-order chi connectivity index (χ1) is 4.00. The molecule has 0 saturated heterocycles. The standard InChI is InChI=1S/2Cr.8O.Sr.Zn/q;;;;;;4*-1;2*+2. The van der Waals surface area contributed by atoms with Crippen LogP contribution in [-0.2, 0) is 61.9 Å². The average molecular weight is 385 g/mol. The second-order valence-corrected chi connectivity index (χ2v) is 3.37. The van der Waals surface area contributed by atoms with Gasteiger partial charge in [-0.05, 0) is 0 Å². The van der Waals surface area contributed by atoms with E-state index in [0.717, 1.165) is 0 Å². The molecule has 0 heterocycles. The van der Waals surface area contributed by atoms with E-state index in [4.69, 9.17) is 31.8 Å². The van der Waals surface area contributed by atoms with E-state index in [1.54, 1.807) is 0 Å². The van der Waals surface area contributed by atoms with Crippen LogP contribution in [0.25, 0.3) is 0 Å². The first kappa shape index (κ1) is 23.8. The van der Waals surface area contributed by atoms with Crippen molar-refractivity contribution in [3.05, 3.63) is 0 Å². The van der Waals surface area contributed by atoms with E-state index in [1.807, 2.05) is 0 Å². The van der Waals surface area contributed by atoms with Crippen LogP contribution in [-0.4, -0.2) is 45.5 Å². The van der Waals surface area contributed by atoms with Crippen molar-refractivity contribution in [2.24, 2.45) is 0 Å². The van der Waals surface area contributed by atoms with Crippen molar-refractivity contribution in [1.82, 2.24) is 0 Å². The van der Waals surface area contributed by atoms with E-state index in [9.17, 15) is 0 Å². The molecule has 0 aliphatic heterocycles. The summed E-state index contributed by atoms with van der Waals surface area (Å²) in [7, 11) is 0. The van der Waals surface area contributed by atoms with Gasteiger partial charge in [0.15, 0.2) is 0 Å². The zero-order chi connectivity index (χ0) is 9.00. The Labute approximate surface area is 122 Å². The molecule has 0 fully saturated rings. The fraction of sp³-hybridized carbons (Fsp3) is 0. The van der Waals surface area contributed by atoms with Crippen LogP contribution in [0.15, 0.2) is 0 Å². The molecule has 0 aromatic heterocycles. The molecule has 0 aromatic carbocycles. The maximum Gasteiger partial charge on any atom is 2.00 e. The van der Waals surface area contributed by atoms with Gasteiger partial charge in [-0.2, -0.15) is 0 Å². The van der Waals surface area contributed by atoms with Crippen LogP contribution in [0.2, 0.25) is 0 Å². The minimum Gasteiger partial charge on any atom is 2.00 e. The molecule has 0 aliphatic carbocycles. The summed E-state index contributed by atoms with van der Waals surface area (Å²) in [5.41, 5.74) is 0. The Bertz CT molecular complexity index is 213. The fourth-order valence-electron chi connectivity index (χ4n) is 0. The molecule has 0 bridgehead atoms. The van der Waals surface area contributed by atoms with Gasteiger partial charge in [0.2, 0.25) is 0 Å². The second-order valence-electron chi connectivity index (χ2n) is 0.816. The minimum absolute atomic E-state index is 0. The van der Waals surface area contributed by atoms with Gasteiger partial charge in [0.1, 0.15) is 0 Å². The van der Waals surface area contributed by atoms with Crippen molar-refractivity contribution < 1.29 is 78.6 Å². The monoisotopic (exact) mass is 384 g/mol. The molecule has 12 heavy (non-hydrogen) atoms. The first-order valence-electron chi connectivity index (χ1n) is 1.33. The third-order valence-corrected chi connectivity index (χ3v) is 0. The van der Waals surface area contributed by atoms with Crippen molar-refractivity contribution in [3.63, 3.8) is 0 Å². The molecule has 64 valence electrons. The van der Waals surface area contributed by atoms with Crippen molar-refractivity contribution in [2.75, 3.05) is 0 Å². The van der Waals surface area contributed by atoms with Gasteiger partial charge in [0.05, 0.1) is 0 Å². The van der Waals surface area contributed by atoms with Gasteiger partial charge in [-0.25, -0.2) is 0 Å². The zero-order valence-electron chi connectivity index (χ0n) is 5.50. The molecule has 0 unspecified atom stereocenters. The molecule has 0 saturated carbocycles. The number of hydrogen-bond acceptors (Lipinski definition) is 8. The Morgan fingerprint density at radius 2 is 0.667 bits per heavy atom. The first-order valence-corrected chi connectivity index (χ1v) is 5.50. The van der Waals surface area contributed by atoms with Gasteiger partial charge in [0.25, 0.3) is 0 Å². The summed E-state index contributed by atoms with van der Waals surface area (Å²) < 4.78 is 68.8. The Morgan fingerprint density at radius 3 is 0.667 bits per heavy atom. The maximum absolute atomic E-state index is 8.59. The molecule has 0 radical (unpaired) electrons. The Hall–Kier alpha value is 2.21. The summed E-state index contributed by atoms with van der Waals surface area (Å²) in [6, 6.07) is 0. The molecule has 0 rings (SSSR count). The van der Waals surface area contributed by atoms with E-state index in [-0.39, 0.29) is 65.0 Å². The Kier molecular flexibility index (Phi) is 19.3. The molecule has 0 aliphatic rings. The van der Waals surface area contributed by atoms with Gasteiger partial charge >= 0.3 is 124 Å². The van der Waals surface area contributed by atoms with Crippen LogP contribution >= 0.6 is 0 Å². The maximum atomic E-state index is 8.59. The van der Waals surface area contributed by atoms with Gasteiger partial charge in [0, 0.05) is 0 Å². The summed E-state index contributed by atoms with van der Waals surface area (Å²) in [6.07, 6.45) is 0.